The Morgan fingerprint density at radius 1 is 1.40 bits per heavy atom. The van der Waals surface area contributed by atoms with Crippen LogP contribution < -0.4 is 4.74 Å². The van der Waals surface area contributed by atoms with E-state index in [1.807, 2.05) is 0 Å². The molecule has 0 atom stereocenters. The largest absolute Gasteiger partial charge is 0.485 e. The molecule has 104 valence electrons. The van der Waals surface area contributed by atoms with Gasteiger partial charge in [0.15, 0.2) is 0 Å². The first-order chi connectivity index (χ1) is 9.47. The fourth-order valence-corrected chi connectivity index (χ4v) is 1.49. The summed E-state index contributed by atoms with van der Waals surface area (Å²) in [5.41, 5.74) is -0.342. The number of furan rings is 1. The summed E-state index contributed by atoms with van der Waals surface area (Å²) >= 11 is 0. The van der Waals surface area contributed by atoms with Crippen LogP contribution in [-0.2, 0) is 6.61 Å². The lowest BCUT2D eigenvalue weighted by Gasteiger charge is -2.07. The number of carboxylic acid groups (broad SMARTS) is 1. The molecular formula is C12H8FNO6. The van der Waals surface area contributed by atoms with Crippen molar-refractivity contribution in [2.45, 2.75) is 6.61 Å². The molecular weight excluding hydrogens is 273 g/mol. The van der Waals surface area contributed by atoms with E-state index < -0.39 is 22.6 Å². The van der Waals surface area contributed by atoms with Crippen LogP contribution in [-0.4, -0.2) is 16.0 Å². The average Bonchev–Trinajstić information content (AvgIpc) is 2.86. The van der Waals surface area contributed by atoms with Crippen molar-refractivity contribution >= 4 is 11.9 Å². The van der Waals surface area contributed by atoms with E-state index in [1.54, 1.807) is 0 Å². The highest BCUT2D eigenvalue weighted by molar-refractivity contribution is 5.90. The quantitative estimate of drug-likeness (QED) is 0.667. The second-order valence-corrected chi connectivity index (χ2v) is 3.73. The number of nitro groups is 1. The van der Waals surface area contributed by atoms with Gasteiger partial charge < -0.3 is 14.3 Å². The number of ether oxygens (including phenoxy) is 1. The SMILES string of the molecule is O=C(O)c1cc(F)ccc1OCc1ccc([N+](=O)[O-])o1. The van der Waals surface area contributed by atoms with Crippen molar-refractivity contribution in [2.24, 2.45) is 0 Å². The van der Waals surface area contributed by atoms with Gasteiger partial charge in [0.2, 0.25) is 0 Å². The van der Waals surface area contributed by atoms with Crippen LogP contribution in [0.15, 0.2) is 34.7 Å². The Morgan fingerprint density at radius 2 is 2.15 bits per heavy atom. The molecule has 0 fully saturated rings. The van der Waals surface area contributed by atoms with Crippen LogP contribution in [0.3, 0.4) is 0 Å². The van der Waals surface area contributed by atoms with Crippen molar-refractivity contribution < 1.29 is 28.4 Å². The van der Waals surface area contributed by atoms with E-state index >= 15 is 0 Å². The molecule has 0 amide bonds. The number of rotatable bonds is 5. The molecule has 0 spiro atoms. The minimum absolute atomic E-state index is 0.0575. The average molecular weight is 281 g/mol. The zero-order valence-electron chi connectivity index (χ0n) is 9.91. The third-order valence-corrected chi connectivity index (χ3v) is 2.37. The van der Waals surface area contributed by atoms with Crippen molar-refractivity contribution in [2.75, 3.05) is 0 Å². The van der Waals surface area contributed by atoms with Crippen molar-refractivity contribution in [3.05, 3.63) is 57.6 Å². The van der Waals surface area contributed by atoms with Gasteiger partial charge in [-0.05, 0) is 24.3 Å². The first-order valence-corrected chi connectivity index (χ1v) is 5.36. The fourth-order valence-electron chi connectivity index (χ4n) is 1.49. The molecule has 2 rings (SSSR count). The van der Waals surface area contributed by atoms with Crippen LogP contribution in [0.2, 0.25) is 0 Å². The first-order valence-electron chi connectivity index (χ1n) is 5.36. The van der Waals surface area contributed by atoms with Crippen molar-refractivity contribution in [1.82, 2.24) is 0 Å². The van der Waals surface area contributed by atoms with Gasteiger partial charge in [0.1, 0.15) is 34.4 Å². The molecule has 8 heteroatoms. The summed E-state index contributed by atoms with van der Waals surface area (Å²) in [6.45, 7) is -0.209. The number of carbonyl (C=O) groups is 1. The lowest BCUT2D eigenvalue weighted by molar-refractivity contribution is -0.402. The molecule has 20 heavy (non-hydrogen) atoms. The molecule has 2 aromatic rings. The van der Waals surface area contributed by atoms with Gasteiger partial charge in [-0.15, -0.1) is 0 Å². The third-order valence-electron chi connectivity index (χ3n) is 2.37. The molecule has 0 bridgehead atoms. The zero-order chi connectivity index (χ0) is 14.7. The van der Waals surface area contributed by atoms with Crippen LogP contribution in [0.5, 0.6) is 5.75 Å². The summed E-state index contributed by atoms with van der Waals surface area (Å²) in [7, 11) is 0. The number of nitrogens with zero attached hydrogens (tertiary/aromatic N) is 1. The van der Waals surface area contributed by atoms with E-state index in [1.165, 1.54) is 6.07 Å². The summed E-state index contributed by atoms with van der Waals surface area (Å²) in [4.78, 5) is 20.6. The minimum atomic E-state index is -1.34. The molecule has 0 unspecified atom stereocenters. The van der Waals surface area contributed by atoms with E-state index in [4.69, 9.17) is 14.3 Å². The Hall–Kier alpha value is -2.90. The second-order valence-electron chi connectivity index (χ2n) is 3.73. The Balaban J connectivity index is 2.14. The summed E-state index contributed by atoms with van der Waals surface area (Å²) in [6.07, 6.45) is 0. The highest BCUT2D eigenvalue weighted by atomic mass is 19.1. The molecule has 1 aromatic carbocycles. The zero-order valence-corrected chi connectivity index (χ0v) is 9.91. The Morgan fingerprint density at radius 3 is 2.75 bits per heavy atom. The smallest absolute Gasteiger partial charge is 0.433 e. The minimum Gasteiger partial charge on any atom is -0.485 e. The Labute approximate surface area is 111 Å². The molecule has 0 aliphatic rings. The van der Waals surface area contributed by atoms with Gasteiger partial charge in [-0.25, -0.2) is 9.18 Å². The second kappa shape index (κ2) is 5.39. The van der Waals surface area contributed by atoms with E-state index in [2.05, 4.69) is 0 Å². The number of hydrogen-bond acceptors (Lipinski definition) is 5. The predicted octanol–water partition coefficient (Wildman–Crippen LogP) is 2.60. The van der Waals surface area contributed by atoms with Crippen LogP contribution in [0.4, 0.5) is 10.3 Å². The predicted molar refractivity (Wildman–Crippen MR) is 63.1 cm³/mol. The molecule has 0 saturated carbocycles. The van der Waals surface area contributed by atoms with Crippen LogP contribution >= 0.6 is 0 Å². The summed E-state index contributed by atoms with van der Waals surface area (Å²) in [5.74, 6) is -2.40. The molecule has 0 aliphatic carbocycles. The van der Waals surface area contributed by atoms with Crippen LogP contribution in [0.25, 0.3) is 0 Å². The molecule has 0 saturated heterocycles. The number of aromatic carboxylic acids is 1. The molecule has 1 aromatic heterocycles. The number of benzene rings is 1. The number of hydrogen-bond donors (Lipinski definition) is 1. The maximum atomic E-state index is 13.0. The Kier molecular flexibility index (Phi) is 3.65. The molecule has 0 aliphatic heterocycles. The first kappa shape index (κ1) is 13.5. The van der Waals surface area contributed by atoms with Gasteiger partial charge in [-0.1, -0.05) is 0 Å². The molecule has 1 heterocycles. The summed E-state index contributed by atoms with van der Waals surface area (Å²) < 4.78 is 23.0. The van der Waals surface area contributed by atoms with E-state index in [0.29, 0.717) is 0 Å². The monoisotopic (exact) mass is 281 g/mol. The lowest BCUT2D eigenvalue weighted by Crippen LogP contribution is -2.03. The topological polar surface area (TPSA) is 103 Å². The van der Waals surface area contributed by atoms with Crippen LogP contribution in [0.1, 0.15) is 16.1 Å². The highest BCUT2D eigenvalue weighted by Crippen LogP contribution is 2.22. The van der Waals surface area contributed by atoms with E-state index in [0.717, 1.165) is 24.3 Å². The third kappa shape index (κ3) is 2.91. The van der Waals surface area contributed by atoms with Crippen LogP contribution in [0, 0.1) is 15.9 Å². The van der Waals surface area contributed by atoms with Gasteiger partial charge in [-0.2, -0.15) is 0 Å². The maximum Gasteiger partial charge on any atom is 0.433 e. The van der Waals surface area contributed by atoms with Gasteiger partial charge in [-0.3, -0.25) is 10.1 Å². The van der Waals surface area contributed by atoms with E-state index in [-0.39, 0.29) is 23.7 Å². The van der Waals surface area contributed by atoms with Gasteiger partial charge in [0.05, 0.1) is 6.07 Å². The fraction of sp³-hybridized carbons (Fsp3) is 0.0833. The maximum absolute atomic E-state index is 13.0. The normalized spacial score (nSPS) is 10.2. The van der Waals surface area contributed by atoms with Gasteiger partial charge >= 0.3 is 11.9 Å². The van der Waals surface area contributed by atoms with Crippen molar-refractivity contribution in [1.29, 1.82) is 0 Å². The van der Waals surface area contributed by atoms with Crippen molar-refractivity contribution in [3.63, 3.8) is 0 Å². The van der Waals surface area contributed by atoms with Crippen molar-refractivity contribution in [3.8, 4) is 5.75 Å². The molecule has 1 N–H and O–H groups in total. The summed E-state index contributed by atoms with van der Waals surface area (Å²) in [5, 5.41) is 19.3. The summed E-state index contributed by atoms with van der Waals surface area (Å²) in [6, 6.07) is 5.52. The Bertz CT molecular complexity index is 666. The van der Waals surface area contributed by atoms with Gasteiger partial charge in [0, 0.05) is 0 Å². The molecule has 7 nitrogen and oxygen atoms in total. The number of carboxylic acids is 1. The highest BCUT2D eigenvalue weighted by Gasteiger charge is 2.15. The van der Waals surface area contributed by atoms with E-state index in [9.17, 15) is 19.3 Å². The lowest BCUT2D eigenvalue weighted by atomic mass is 10.2. The standard InChI is InChI=1S/C12H8FNO6/c13-7-1-3-10(9(5-7)12(15)16)19-6-8-2-4-11(20-8)14(17)18/h1-5H,6H2,(H,15,16). The molecule has 0 radical (unpaired) electrons. The number of halogens is 1. The van der Waals surface area contributed by atoms with Gasteiger partial charge in [0.25, 0.3) is 0 Å².